The summed E-state index contributed by atoms with van der Waals surface area (Å²) in [5.41, 5.74) is 0.843. The van der Waals surface area contributed by atoms with Gasteiger partial charge in [-0.15, -0.1) is 0 Å². The molecule has 0 N–H and O–H groups in total. The topological polar surface area (TPSA) is 61.2 Å². The highest BCUT2D eigenvalue weighted by Crippen LogP contribution is 2.39. The Morgan fingerprint density at radius 3 is 2.45 bits per heavy atom. The lowest BCUT2D eigenvalue weighted by molar-refractivity contribution is 0.600. The van der Waals surface area contributed by atoms with Crippen LogP contribution in [-0.4, -0.2) is 8.42 Å². The smallest absolute Gasteiger partial charge is 0.220 e. The van der Waals surface area contributed by atoms with Crippen LogP contribution in [0.3, 0.4) is 0 Å². The first-order valence-electron chi connectivity index (χ1n) is 6.15. The normalized spacial score (nSPS) is 15.7. The van der Waals surface area contributed by atoms with E-state index in [0.29, 0.717) is 5.69 Å². The van der Waals surface area contributed by atoms with Crippen molar-refractivity contribution in [2.24, 2.45) is 0 Å². The van der Waals surface area contributed by atoms with Crippen molar-refractivity contribution < 1.29 is 12.8 Å². The summed E-state index contributed by atoms with van der Waals surface area (Å²) in [4.78, 5) is 1.06. The van der Waals surface area contributed by atoms with E-state index in [1.165, 1.54) is 17.2 Å². The molecule has 1 aliphatic heterocycles. The Morgan fingerprint density at radius 1 is 1.14 bits per heavy atom. The minimum absolute atomic E-state index is 0.0773. The molecule has 0 aliphatic carbocycles. The molecule has 2 aromatic rings. The summed E-state index contributed by atoms with van der Waals surface area (Å²) in [5, 5.41) is 9.12. The first kappa shape index (κ1) is 15.0. The second kappa shape index (κ2) is 5.37. The Labute approximate surface area is 140 Å². The van der Waals surface area contributed by atoms with Crippen molar-refractivity contribution in [3.8, 4) is 6.07 Å². The summed E-state index contributed by atoms with van der Waals surface area (Å²) in [6, 6.07) is 12.3. The van der Waals surface area contributed by atoms with Crippen LogP contribution in [0.15, 0.2) is 58.5 Å². The number of allylic oxidation sites excluding steroid dienone is 1. The first-order valence-corrected chi connectivity index (χ1v) is 8.71. The van der Waals surface area contributed by atoms with Crippen molar-refractivity contribution in [3.63, 3.8) is 0 Å². The predicted octanol–water partition coefficient (Wildman–Crippen LogP) is 3.72. The fraction of sp³-hybridized carbons (Fsp3) is 0. The van der Waals surface area contributed by atoms with Gasteiger partial charge >= 0.3 is 0 Å². The van der Waals surface area contributed by atoms with E-state index in [4.69, 9.17) is 5.26 Å². The molecule has 110 valence electrons. The summed E-state index contributed by atoms with van der Waals surface area (Å²) < 4.78 is 39.3. The molecule has 0 fully saturated rings. The van der Waals surface area contributed by atoms with E-state index >= 15 is 0 Å². The molecule has 4 nitrogen and oxygen atoms in total. The van der Waals surface area contributed by atoms with E-state index in [1.54, 1.807) is 18.2 Å². The summed E-state index contributed by atoms with van der Waals surface area (Å²) in [6.07, 6.45) is 1.22. The second-order valence-electron chi connectivity index (χ2n) is 4.57. The molecule has 0 unspecified atom stereocenters. The van der Waals surface area contributed by atoms with Gasteiger partial charge in [-0.3, -0.25) is 0 Å². The molecular formula is C15H8FIN2O2S. The lowest BCUT2D eigenvalue weighted by Gasteiger charge is -2.27. The highest BCUT2D eigenvalue weighted by molar-refractivity contribution is 14.1. The lowest BCUT2D eigenvalue weighted by Crippen LogP contribution is -2.21. The van der Waals surface area contributed by atoms with E-state index in [1.807, 2.05) is 12.1 Å². The average molecular weight is 426 g/mol. The number of nitrogens with zero attached hydrogens (tertiary/aromatic N) is 2. The Balaban J connectivity index is 2.29. The van der Waals surface area contributed by atoms with Crippen molar-refractivity contribution in [1.29, 1.82) is 5.26 Å². The van der Waals surface area contributed by atoms with Crippen molar-refractivity contribution in [3.05, 3.63) is 63.0 Å². The van der Waals surface area contributed by atoms with Crippen LogP contribution >= 0.6 is 22.6 Å². The van der Waals surface area contributed by atoms with E-state index in [0.717, 1.165) is 15.7 Å². The van der Waals surface area contributed by atoms with Crippen molar-refractivity contribution >= 4 is 43.8 Å². The van der Waals surface area contributed by atoms with Gasteiger partial charge in [0.15, 0.2) is 4.91 Å². The summed E-state index contributed by atoms with van der Waals surface area (Å²) in [5.74, 6) is -0.543. The third-order valence-corrected chi connectivity index (χ3v) is 5.64. The number of halogens is 2. The number of sulfone groups is 1. The third kappa shape index (κ3) is 2.38. The monoisotopic (exact) mass is 426 g/mol. The van der Waals surface area contributed by atoms with Crippen LogP contribution in [0.5, 0.6) is 0 Å². The van der Waals surface area contributed by atoms with Crippen LogP contribution in [0.25, 0.3) is 0 Å². The molecule has 1 heterocycles. The van der Waals surface area contributed by atoms with Gasteiger partial charge in [-0.2, -0.15) is 5.26 Å². The van der Waals surface area contributed by atoms with Gasteiger partial charge in [0.2, 0.25) is 9.84 Å². The van der Waals surface area contributed by atoms with Crippen molar-refractivity contribution in [2.75, 3.05) is 4.90 Å². The van der Waals surface area contributed by atoms with Gasteiger partial charge in [-0.05, 0) is 65.1 Å². The molecule has 0 atom stereocenters. The van der Waals surface area contributed by atoms with Crippen LogP contribution in [-0.2, 0) is 9.84 Å². The maximum absolute atomic E-state index is 13.6. The van der Waals surface area contributed by atoms with Crippen LogP contribution in [0.4, 0.5) is 15.8 Å². The summed E-state index contributed by atoms with van der Waals surface area (Å²) in [6.45, 7) is 0. The van der Waals surface area contributed by atoms with Gasteiger partial charge in [-0.1, -0.05) is 0 Å². The van der Waals surface area contributed by atoms with E-state index < -0.39 is 15.7 Å². The molecule has 0 radical (unpaired) electrons. The lowest BCUT2D eigenvalue weighted by atomic mass is 10.2. The molecule has 2 aromatic carbocycles. The Kier molecular flexibility index (Phi) is 3.66. The molecule has 1 aliphatic rings. The van der Waals surface area contributed by atoms with E-state index in [2.05, 4.69) is 22.6 Å². The van der Waals surface area contributed by atoms with Gasteiger partial charge in [0, 0.05) is 15.5 Å². The van der Waals surface area contributed by atoms with Gasteiger partial charge in [0.25, 0.3) is 0 Å². The molecule has 0 spiro atoms. The number of anilines is 2. The maximum Gasteiger partial charge on any atom is 0.220 e. The summed E-state index contributed by atoms with van der Waals surface area (Å²) in [7, 11) is -3.91. The quantitative estimate of drug-likeness (QED) is 0.515. The Morgan fingerprint density at radius 2 is 1.82 bits per heavy atom. The zero-order valence-corrected chi connectivity index (χ0v) is 14.0. The minimum Gasteiger partial charge on any atom is -0.314 e. The molecule has 0 saturated heterocycles. The Bertz CT molecular complexity index is 931. The SMILES string of the molecule is N#CC1=CN(c2ccc(I)cc2)c2cc(F)ccc2S1(=O)=O. The van der Waals surface area contributed by atoms with Gasteiger partial charge < -0.3 is 4.90 Å². The molecule has 0 amide bonds. The summed E-state index contributed by atoms with van der Waals surface area (Å²) >= 11 is 2.15. The van der Waals surface area contributed by atoms with E-state index in [-0.39, 0.29) is 15.5 Å². The fourth-order valence-electron chi connectivity index (χ4n) is 2.18. The molecule has 3 rings (SSSR count). The van der Waals surface area contributed by atoms with Crippen molar-refractivity contribution in [2.45, 2.75) is 4.90 Å². The van der Waals surface area contributed by atoms with E-state index in [9.17, 15) is 12.8 Å². The molecule has 0 bridgehead atoms. The van der Waals surface area contributed by atoms with Crippen LogP contribution < -0.4 is 4.90 Å². The zero-order chi connectivity index (χ0) is 15.9. The molecule has 22 heavy (non-hydrogen) atoms. The standard InChI is InChI=1S/C15H8FIN2O2S/c16-10-1-6-15-14(7-10)19(9-13(8-18)22(15,20)21)12-4-2-11(17)3-5-12/h1-7,9H. The van der Waals surface area contributed by atoms with Crippen LogP contribution in [0.2, 0.25) is 0 Å². The number of fused-ring (bicyclic) bond motifs is 1. The highest BCUT2D eigenvalue weighted by Gasteiger charge is 2.32. The Hall–Kier alpha value is -1.92. The molecule has 7 heteroatoms. The number of nitriles is 1. The van der Waals surface area contributed by atoms with Crippen molar-refractivity contribution in [1.82, 2.24) is 0 Å². The van der Waals surface area contributed by atoms with Gasteiger partial charge in [0.05, 0.1) is 10.6 Å². The highest BCUT2D eigenvalue weighted by atomic mass is 127. The number of rotatable bonds is 1. The minimum atomic E-state index is -3.91. The second-order valence-corrected chi connectivity index (χ2v) is 7.70. The van der Waals surface area contributed by atoms with Gasteiger partial charge in [0.1, 0.15) is 11.9 Å². The molecule has 0 saturated carbocycles. The fourth-order valence-corrected chi connectivity index (χ4v) is 3.83. The maximum atomic E-state index is 13.6. The number of hydrogen-bond acceptors (Lipinski definition) is 4. The number of hydrogen-bond donors (Lipinski definition) is 0. The average Bonchev–Trinajstić information content (AvgIpc) is 2.48. The third-order valence-electron chi connectivity index (χ3n) is 3.22. The number of benzene rings is 2. The largest absolute Gasteiger partial charge is 0.314 e. The van der Waals surface area contributed by atoms with Crippen LogP contribution in [0, 0.1) is 20.7 Å². The molecule has 0 aromatic heterocycles. The zero-order valence-electron chi connectivity index (χ0n) is 11.0. The van der Waals surface area contributed by atoms with Crippen LogP contribution in [0.1, 0.15) is 0 Å². The van der Waals surface area contributed by atoms with Gasteiger partial charge in [-0.25, -0.2) is 12.8 Å². The molecular weight excluding hydrogens is 418 g/mol. The predicted molar refractivity (Wildman–Crippen MR) is 88.6 cm³/mol. The first-order chi connectivity index (χ1) is 10.4.